The number of nitrogens with zero attached hydrogens (tertiary/aromatic N) is 1. The molecule has 0 spiro atoms. The van der Waals surface area contributed by atoms with Gasteiger partial charge in [-0.15, -0.1) is 6.58 Å². The number of rotatable bonds is 10. The second kappa shape index (κ2) is 11.0. The average molecular weight is 386 g/mol. The first kappa shape index (κ1) is 20.4. The van der Waals surface area contributed by atoms with Crippen LogP contribution in [-0.2, 0) is 22.4 Å². The molecule has 0 fully saturated rings. The van der Waals surface area contributed by atoms with Gasteiger partial charge in [-0.3, -0.25) is 14.4 Å². The van der Waals surface area contributed by atoms with Crippen LogP contribution in [0.2, 0.25) is 0 Å². The molecule has 1 aromatic carbocycles. The fraction of sp³-hybridized carbons (Fsp3) is 0.263. The summed E-state index contributed by atoms with van der Waals surface area (Å²) in [5.74, 6) is -0.264. The Bertz CT molecular complexity index is 836. The van der Waals surface area contributed by atoms with Crippen LogP contribution in [0, 0.1) is 0 Å². The number of hydrogen-bond acceptors (Lipinski definition) is 5. The maximum absolute atomic E-state index is 11.9. The Kier molecular flexibility index (Phi) is 8.31. The van der Waals surface area contributed by atoms with Crippen LogP contribution in [0.3, 0.4) is 0 Å². The number of aromatic nitrogens is 2. The second-order valence-electron chi connectivity index (χ2n) is 5.69. The van der Waals surface area contributed by atoms with Crippen LogP contribution in [-0.4, -0.2) is 40.6 Å². The largest absolute Gasteiger partial charge is 0.355 e. The molecule has 0 unspecified atom stereocenters. The number of amides is 2. The van der Waals surface area contributed by atoms with E-state index in [4.69, 9.17) is 0 Å². The lowest BCUT2D eigenvalue weighted by molar-refractivity contribution is -0.120. The highest BCUT2D eigenvalue weighted by Crippen LogP contribution is 2.11. The third-order valence-corrected chi connectivity index (χ3v) is 4.35. The molecule has 0 aliphatic carbocycles. The van der Waals surface area contributed by atoms with E-state index in [1.807, 2.05) is 30.3 Å². The highest BCUT2D eigenvalue weighted by molar-refractivity contribution is 7.99. The first-order valence-electron chi connectivity index (χ1n) is 8.48. The lowest BCUT2D eigenvalue weighted by Crippen LogP contribution is -2.28. The van der Waals surface area contributed by atoms with Gasteiger partial charge in [-0.1, -0.05) is 48.2 Å². The average Bonchev–Trinajstić information content (AvgIpc) is 2.65. The number of hydrogen-bond donors (Lipinski definition) is 3. The van der Waals surface area contributed by atoms with Crippen molar-refractivity contribution in [2.45, 2.75) is 18.0 Å². The summed E-state index contributed by atoms with van der Waals surface area (Å²) >= 11 is 1.12. The number of nitrogens with one attached hydrogen (secondary N) is 3. The monoisotopic (exact) mass is 386 g/mol. The normalized spacial score (nSPS) is 10.2. The Morgan fingerprint density at radius 3 is 2.70 bits per heavy atom. The minimum Gasteiger partial charge on any atom is -0.355 e. The van der Waals surface area contributed by atoms with E-state index in [1.165, 1.54) is 6.07 Å². The summed E-state index contributed by atoms with van der Waals surface area (Å²) in [7, 11) is 0. The predicted octanol–water partition coefficient (Wildman–Crippen LogP) is 1.07. The minimum absolute atomic E-state index is 0.00537. The van der Waals surface area contributed by atoms with Crippen molar-refractivity contribution in [1.82, 2.24) is 20.6 Å². The molecule has 142 valence electrons. The lowest BCUT2D eigenvalue weighted by Gasteiger charge is -2.06. The summed E-state index contributed by atoms with van der Waals surface area (Å²) in [5.41, 5.74) is 1.15. The van der Waals surface area contributed by atoms with Gasteiger partial charge in [0.25, 0.3) is 5.56 Å². The van der Waals surface area contributed by atoms with E-state index < -0.39 is 0 Å². The van der Waals surface area contributed by atoms with E-state index in [-0.39, 0.29) is 29.5 Å². The molecule has 2 rings (SSSR count). The SMILES string of the molecule is C=CCNC(=O)Cc1cc(=O)[nH]c(SCC(=O)NCCc2ccccc2)n1. The number of benzene rings is 1. The molecule has 1 heterocycles. The minimum atomic E-state index is -0.358. The van der Waals surface area contributed by atoms with E-state index >= 15 is 0 Å². The van der Waals surface area contributed by atoms with E-state index in [0.29, 0.717) is 23.9 Å². The zero-order chi connectivity index (χ0) is 19.5. The fourth-order valence-electron chi connectivity index (χ4n) is 2.23. The van der Waals surface area contributed by atoms with Gasteiger partial charge in [-0.2, -0.15) is 0 Å². The molecule has 0 aliphatic rings. The molecule has 2 amide bonds. The van der Waals surface area contributed by atoms with Gasteiger partial charge >= 0.3 is 0 Å². The Hall–Kier alpha value is -2.87. The van der Waals surface area contributed by atoms with Crippen LogP contribution in [0.1, 0.15) is 11.3 Å². The Labute approximate surface area is 161 Å². The van der Waals surface area contributed by atoms with Gasteiger partial charge in [-0.25, -0.2) is 4.98 Å². The van der Waals surface area contributed by atoms with Crippen LogP contribution < -0.4 is 16.2 Å². The van der Waals surface area contributed by atoms with Crippen molar-refractivity contribution in [1.29, 1.82) is 0 Å². The number of H-pyrrole nitrogens is 1. The lowest BCUT2D eigenvalue weighted by atomic mass is 10.1. The van der Waals surface area contributed by atoms with Crippen molar-refractivity contribution >= 4 is 23.6 Å². The van der Waals surface area contributed by atoms with Gasteiger partial charge in [0, 0.05) is 19.2 Å². The van der Waals surface area contributed by atoms with Crippen molar-refractivity contribution in [3.8, 4) is 0 Å². The molecule has 0 radical (unpaired) electrons. The number of thioether (sulfide) groups is 1. The molecular weight excluding hydrogens is 364 g/mol. The van der Waals surface area contributed by atoms with Crippen LogP contribution in [0.5, 0.6) is 0 Å². The number of aromatic amines is 1. The molecule has 2 aromatic rings. The summed E-state index contributed by atoms with van der Waals surface area (Å²) in [6, 6.07) is 11.2. The van der Waals surface area contributed by atoms with E-state index in [9.17, 15) is 14.4 Å². The smallest absolute Gasteiger partial charge is 0.251 e. The summed E-state index contributed by atoms with van der Waals surface area (Å²) in [6.07, 6.45) is 2.32. The standard InChI is InChI=1S/C19H22N4O3S/c1-2-9-20-16(24)11-15-12-17(25)23-19(22-15)27-13-18(26)21-10-8-14-6-4-3-5-7-14/h2-7,12H,1,8-11,13H2,(H,20,24)(H,21,26)(H,22,23,25). The second-order valence-corrected chi connectivity index (χ2v) is 6.65. The molecule has 0 saturated heterocycles. The van der Waals surface area contributed by atoms with Gasteiger partial charge in [0.15, 0.2) is 5.16 Å². The topological polar surface area (TPSA) is 104 Å². The fourth-order valence-corrected chi connectivity index (χ4v) is 2.96. The van der Waals surface area contributed by atoms with Crippen LogP contribution in [0.25, 0.3) is 0 Å². The Morgan fingerprint density at radius 1 is 1.19 bits per heavy atom. The first-order valence-corrected chi connectivity index (χ1v) is 9.46. The Morgan fingerprint density at radius 2 is 1.96 bits per heavy atom. The molecular formula is C19H22N4O3S. The molecule has 0 aliphatic heterocycles. The van der Waals surface area contributed by atoms with Crippen molar-refractivity contribution in [3.05, 3.63) is 70.7 Å². The molecule has 27 heavy (non-hydrogen) atoms. The number of carbonyl (C=O) groups excluding carboxylic acids is 2. The summed E-state index contributed by atoms with van der Waals surface area (Å²) < 4.78 is 0. The predicted molar refractivity (Wildman–Crippen MR) is 106 cm³/mol. The molecule has 7 nitrogen and oxygen atoms in total. The summed E-state index contributed by atoms with van der Waals surface area (Å²) in [6.45, 7) is 4.41. The molecule has 8 heteroatoms. The van der Waals surface area contributed by atoms with E-state index in [2.05, 4.69) is 27.2 Å². The van der Waals surface area contributed by atoms with Crippen molar-refractivity contribution in [2.75, 3.05) is 18.8 Å². The van der Waals surface area contributed by atoms with Gasteiger partial charge < -0.3 is 15.6 Å². The number of carbonyl (C=O) groups is 2. The zero-order valence-corrected chi connectivity index (χ0v) is 15.7. The summed E-state index contributed by atoms with van der Waals surface area (Å²) in [5, 5.41) is 5.77. The van der Waals surface area contributed by atoms with Crippen LogP contribution >= 0.6 is 11.8 Å². The quantitative estimate of drug-likeness (QED) is 0.322. The van der Waals surface area contributed by atoms with Crippen molar-refractivity contribution < 1.29 is 9.59 Å². The molecule has 0 saturated carbocycles. The highest BCUT2D eigenvalue weighted by atomic mass is 32.2. The van der Waals surface area contributed by atoms with Crippen molar-refractivity contribution in [3.63, 3.8) is 0 Å². The third-order valence-electron chi connectivity index (χ3n) is 3.48. The maximum Gasteiger partial charge on any atom is 0.251 e. The van der Waals surface area contributed by atoms with Crippen LogP contribution in [0.15, 0.2) is 59.0 Å². The van der Waals surface area contributed by atoms with Gasteiger partial charge in [0.2, 0.25) is 11.8 Å². The maximum atomic E-state index is 11.9. The zero-order valence-electron chi connectivity index (χ0n) is 14.9. The third kappa shape index (κ3) is 7.91. The van der Waals surface area contributed by atoms with Gasteiger partial charge in [0.1, 0.15) is 0 Å². The summed E-state index contributed by atoms with van der Waals surface area (Å²) in [4.78, 5) is 42.2. The highest BCUT2D eigenvalue weighted by Gasteiger charge is 2.09. The first-order chi connectivity index (χ1) is 13.1. The van der Waals surface area contributed by atoms with E-state index in [1.54, 1.807) is 6.08 Å². The van der Waals surface area contributed by atoms with E-state index in [0.717, 1.165) is 23.7 Å². The van der Waals surface area contributed by atoms with Gasteiger partial charge in [0.05, 0.1) is 17.9 Å². The van der Waals surface area contributed by atoms with Gasteiger partial charge in [-0.05, 0) is 12.0 Å². The molecule has 0 bridgehead atoms. The molecule has 0 atom stereocenters. The van der Waals surface area contributed by atoms with Crippen LogP contribution in [0.4, 0.5) is 0 Å². The van der Waals surface area contributed by atoms with Crippen molar-refractivity contribution in [2.24, 2.45) is 0 Å². The Balaban J connectivity index is 1.80. The molecule has 1 aromatic heterocycles. The molecule has 3 N–H and O–H groups in total.